The molecule has 1 heterocycles. The van der Waals surface area contributed by atoms with Crippen molar-refractivity contribution < 1.29 is 18.3 Å². The number of carbonyl (C=O) groups excluding carboxylic acids is 1. The summed E-state index contributed by atoms with van der Waals surface area (Å²) in [6.45, 7) is 0.448. The van der Waals surface area contributed by atoms with E-state index in [1.807, 2.05) is 0 Å². The minimum absolute atomic E-state index is 0.0586. The van der Waals surface area contributed by atoms with E-state index in [1.165, 1.54) is 17.0 Å². The van der Waals surface area contributed by atoms with Crippen molar-refractivity contribution in [3.05, 3.63) is 29.8 Å². The summed E-state index contributed by atoms with van der Waals surface area (Å²) in [5.41, 5.74) is 0.830. The molecule has 1 aliphatic rings. The SMILES string of the molecule is NS(=O)(=O)C1CC(=O)N(Cc2ccc(O)cc2)C1. The number of hydrogen-bond donors (Lipinski definition) is 2. The standard InChI is InChI=1S/C11H14N2O4S/c12-18(16,17)10-5-11(15)13(7-10)6-8-1-3-9(14)4-2-8/h1-4,10,14H,5-7H2,(H2,12,16,17). The lowest BCUT2D eigenvalue weighted by molar-refractivity contribution is -0.128. The van der Waals surface area contributed by atoms with Crippen LogP contribution in [0.3, 0.4) is 0 Å². The van der Waals surface area contributed by atoms with Gasteiger partial charge in [-0.15, -0.1) is 0 Å². The summed E-state index contributed by atoms with van der Waals surface area (Å²) in [5.74, 6) is -0.0731. The number of aromatic hydroxyl groups is 1. The number of likely N-dealkylation sites (tertiary alicyclic amines) is 1. The number of nitrogens with zero attached hydrogens (tertiary/aromatic N) is 1. The fraction of sp³-hybridized carbons (Fsp3) is 0.364. The van der Waals surface area contributed by atoms with Gasteiger partial charge in [0.25, 0.3) is 0 Å². The third-order valence-electron chi connectivity index (χ3n) is 2.95. The fourth-order valence-corrected chi connectivity index (χ4v) is 2.69. The van der Waals surface area contributed by atoms with Gasteiger partial charge in [0.15, 0.2) is 0 Å². The Bertz CT molecular complexity index is 553. The van der Waals surface area contributed by atoms with Crippen molar-refractivity contribution in [2.24, 2.45) is 5.14 Å². The predicted octanol–water partition coefficient (Wildman–Crippen LogP) is -0.218. The van der Waals surface area contributed by atoms with E-state index in [9.17, 15) is 13.2 Å². The first-order chi connectivity index (χ1) is 8.36. The van der Waals surface area contributed by atoms with E-state index in [1.54, 1.807) is 12.1 Å². The molecule has 0 aliphatic carbocycles. The second kappa shape index (κ2) is 4.58. The Hall–Kier alpha value is -1.60. The Morgan fingerprint density at radius 3 is 2.44 bits per heavy atom. The summed E-state index contributed by atoms with van der Waals surface area (Å²) >= 11 is 0. The van der Waals surface area contributed by atoms with Crippen molar-refractivity contribution >= 4 is 15.9 Å². The van der Waals surface area contributed by atoms with Gasteiger partial charge in [-0.05, 0) is 17.7 Å². The average molecular weight is 270 g/mol. The van der Waals surface area contributed by atoms with E-state index in [-0.39, 0.29) is 24.6 Å². The molecular formula is C11H14N2O4S. The Morgan fingerprint density at radius 1 is 1.33 bits per heavy atom. The number of amides is 1. The highest BCUT2D eigenvalue weighted by molar-refractivity contribution is 7.89. The molecule has 98 valence electrons. The lowest BCUT2D eigenvalue weighted by atomic mass is 10.2. The van der Waals surface area contributed by atoms with Gasteiger partial charge in [0.05, 0.1) is 0 Å². The van der Waals surface area contributed by atoms with Gasteiger partial charge in [-0.1, -0.05) is 12.1 Å². The molecule has 0 aromatic heterocycles. The number of sulfonamides is 1. The third-order valence-corrected chi connectivity index (χ3v) is 4.20. The van der Waals surface area contributed by atoms with Crippen molar-refractivity contribution in [2.75, 3.05) is 6.54 Å². The Morgan fingerprint density at radius 2 is 1.94 bits per heavy atom. The van der Waals surface area contributed by atoms with Crippen molar-refractivity contribution in [3.8, 4) is 5.75 Å². The normalized spacial score (nSPS) is 20.4. The van der Waals surface area contributed by atoms with Crippen LogP contribution < -0.4 is 5.14 Å². The first-order valence-corrected chi connectivity index (χ1v) is 7.04. The van der Waals surface area contributed by atoms with Crippen LogP contribution in [-0.4, -0.2) is 36.1 Å². The second-order valence-corrected chi connectivity index (χ2v) is 6.20. The molecule has 1 aromatic rings. The zero-order chi connectivity index (χ0) is 13.3. The summed E-state index contributed by atoms with van der Waals surface area (Å²) in [7, 11) is -3.67. The van der Waals surface area contributed by atoms with Crippen LogP contribution in [0.2, 0.25) is 0 Å². The molecule has 0 spiro atoms. The second-order valence-electron chi connectivity index (χ2n) is 4.36. The highest BCUT2D eigenvalue weighted by atomic mass is 32.2. The van der Waals surface area contributed by atoms with Crippen molar-refractivity contribution in [1.29, 1.82) is 0 Å². The van der Waals surface area contributed by atoms with Crippen LogP contribution in [-0.2, 0) is 21.4 Å². The topological polar surface area (TPSA) is 101 Å². The molecule has 1 saturated heterocycles. The van der Waals surface area contributed by atoms with E-state index in [4.69, 9.17) is 10.2 Å². The molecule has 1 fully saturated rings. The van der Waals surface area contributed by atoms with Gasteiger partial charge in [-0.2, -0.15) is 0 Å². The summed E-state index contributed by atoms with van der Waals surface area (Å²) in [6.07, 6.45) is -0.0586. The van der Waals surface area contributed by atoms with E-state index in [0.717, 1.165) is 5.56 Å². The zero-order valence-corrected chi connectivity index (χ0v) is 10.4. The first-order valence-electron chi connectivity index (χ1n) is 5.43. The molecule has 2 rings (SSSR count). The minimum Gasteiger partial charge on any atom is -0.508 e. The van der Waals surface area contributed by atoms with E-state index in [0.29, 0.717) is 6.54 Å². The molecule has 1 unspecified atom stereocenters. The predicted molar refractivity (Wildman–Crippen MR) is 65.0 cm³/mol. The molecular weight excluding hydrogens is 256 g/mol. The lowest BCUT2D eigenvalue weighted by Crippen LogP contribution is -2.31. The Balaban J connectivity index is 2.07. The summed E-state index contributed by atoms with van der Waals surface area (Å²) < 4.78 is 22.4. The largest absolute Gasteiger partial charge is 0.508 e. The van der Waals surface area contributed by atoms with Crippen LogP contribution in [0.15, 0.2) is 24.3 Å². The van der Waals surface area contributed by atoms with E-state index in [2.05, 4.69) is 0 Å². The van der Waals surface area contributed by atoms with Crippen LogP contribution in [0.4, 0.5) is 0 Å². The molecule has 1 atom stereocenters. The maximum absolute atomic E-state index is 11.7. The van der Waals surface area contributed by atoms with Gasteiger partial charge < -0.3 is 10.0 Å². The number of rotatable bonds is 3. The van der Waals surface area contributed by atoms with Crippen molar-refractivity contribution in [1.82, 2.24) is 4.90 Å². The molecule has 1 amide bonds. The number of hydrogen-bond acceptors (Lipinski definition) is 4. The number of phenols is 1. The first kappa shape index (κ1) is 12.8. The van der Waals surface area contributed by atoms with Crippen molar-refractivity contribution in [2.45, 2.75) is 18.2 Å². The Kier molecular flexibility index (Phi) is 3.27. The molecule has 0 radical (unpaired) electrons. The van der Waals surface area contributed by atoms with Crippen LogP contribution in [0.5, 0.6) is 5.75 Å². The van der Waals surface area contributed by atoms with Gasteiger partial charge >= 0.3 is 0 Å². The highest BCUT2D eigenvalue weighted by Crippen LogP contribution is 2.20. The van der Waals surface area contributed by atoms with Gasteiger partial charge in [0, 0.05) is 19.5 Å². The number of nitrogens with two attached hydrogens (primary N) is 1. The lowest BCUT2D eigenvalue weighted by Gasteiger charge is -2.16. The van der Waals surface area contributed by atoms with Crippen molar-refractivity contribution in [3.63, 3.8) is 0 Å². The Labute approximate surface area is 105 Å². The molecule has 0 saturated carbocycles. The van der Waals surface area contributed by atoms with Crippen LogP contribution in [0.1, 0.15) is 12.0 Å². The number of benzene rings is 1. The molecule has 18 heavy (non-hydrogen) atoms. The molecule has 0 bridgehead atoms. The quantitative estimate of drug-likeness (QED) is 0.793. The molecule has 3 N–H and O–H groups in total. The monoisotopic (exact) mass is 270 g/mol. The fourth-order valence-electron chi connectivity index (χ4n) is 1.93. The summed E-state index contributed by atoms with van der Waals surface area (Å²) in [4.78, 5) is 13.1. The number of carbonyl (C=O) groups is 1. The van der Waals surface area contributed by atoms with E-state index < -0.39 is 15.3 Å². The molecule has 7 heteroatoms. The third kappa shape index (κ3) is 2.80. The van der Waals surface area contributed by atoms with Crippen LogP contribution in [0.25, 0.3) is 0 Å². The molecule has 1 aliphatic heterocycles. The minimum atomic E-state index is -3.67. The molecule has 6 nitrogen and oxygen atoms in total. The number of primary sulfonamides is 1. The zero-order valence-electron chi connectivity index (χ0n) is 9.61. The number of phenolic OH excluding ortho intramolecular Hbond substituents is 1. The van der Waals surface area contributed by atoms with E-state index >= 15 is 0 Å². The molecule has 1 aromatic carbocycles. The average Bonchev–Trinajstić information content (AvgIpc) is 2.63. The highest BCUT2D eigenvalue weighted by Gasteiger charge is 2.36. The van der Waals surface area contributed by atoms with Gasteiger partial charge in [0.1, 0.15) is 11.0 Å². The van der Waals surface area contributed by atoms with Crippen LogP contribution in [0, 0.1) is 0 Å². The van der Waals surface area contributed by atoms with Gasteiger partial charge in [0.2, 0.25) is 15.9 Å². The summed E-state index contributed by atoms with van der Waals surface area (Å²) in [5, 5.41) is 13.4. The van der Waals surface area contributed by atoms with Gasteiger partial charge in [-0.3, -0.25) is 4.79 Å². The summed E-state index contributed by atoms with van der Waals surface area (Å²) in [6, 6.07) is 6.42. The maximum atomic E-state index is 11.7. The van der Waals surface area contributed by atoms with Crippen LogP contribution >= 0.6 is 0 Å². The maximum Gasteiger partial charge on any atom is 0.224 e. The van der Waals surface area contributed by atoms with Gasteiger partial charge in [-0.25, -0.2) is 13.6 Å². The smallest absolute Gasteiger partial charge is 0.224 e.